The summed E-state index contributed by atoms with van der Waals surface area (Å²) in [6.07, 6.45) is 2.17. The molecule has 0 fully saturated rings. The Bertz CT molecular complexity index is 314. The Balaban J connectivity index is 2.37. The zero-order valence-corrected chi connectivity index (χ0v) is 11.4. The summed E-state index contributed by atoms with van der Waals surface area (Å²) in [7, 11) is 0. The van der Waals surface area contributed by atoms with Crippen LogP contribution < -0.4 is 11.1 Å². The summed E-state index contributed by atoms with van der Waals surface area (Å²) >= 11 is 0. The molecule has 0 aromatic heterocycles. The fourth-order valence-electron chi connectivity index (χ4n) is 1.66. The number of nitrogens with two attached hydrogens (primary N) is 1. The van der Waals surface area contributed by atoms with Gasteiger partial charge >= 0.3 is 0 Å². The molecule has 0 aliphatic heterocycles. The van der Waals surface area contributed by atoms with E-state index in [9.17, 15) is 0 Å². The van der Waals surface area contributed by atoms with E-state index < -0.39 is 0 Å². The van der Waals surface area contributed by atoms with Gasteiger partial charge in [0.15, 0.2) is 0 Å². The van der Waals surface area contributed by atoms with E-state index in [0.29, 0.717) is 5.41 Å². The third-order valence-corrected chi connectivity index (χ3v) is 3.35. The lowest BCUT2D eigenvalue weighted by atomic mass is 9.90. The quantitative estimate of drug-likeness (QED) is 0.761. The second kappa shape index (κ2) is 6.77. The minimum atomic E-state index is 0.388. The molecule has 1 aromatic carbocycles. The Hall–Kier alpha value is -0.860. The van der Waals surface area contributed by atoms with E-state index in [4.69, 9.17) is 5.73 Å². The number of rotatable bonds is 7. The fourth-order valence-corrected chi connectivity index (χ4v) is 1.66. The number of hydrogen-bond donors (Lipinski definition) is 2. The Morgan fingerprint density at radius 2 is 1.71 bits per heavy atom. The van der Waals surface area contributed by atoms with E-state index in [2.05, 4.69) is 50.4 Å². The van der Waals surface area contributed by atoms with Gasteiger partial charge in [0.25, 0.3) is 0 Å². The first kappa shape index (κ1) is 14.2. The number of hydrogen-bond acceptors (Lipinski definition) is 2. The lowest BCUT2D eigenvalue weighted by molar-refractivity contribution is 0.327. The van der Waals surface area contributed by atoms with Crippen molar-refractivity contribution in [2.75, 3.05) is 13.1 Å². The predicted octanol–water partition coefficient (Wildman–Crippen LogP) is 2.71. The molecule has 0 bridgehead atoms. The van der Waals surface area contributed by atoms with E-state index in [1.807, 2.05) is 0 Å². The Labute approximate surface area is 106 Å². The van der Waals surface area contributed by atoms with Crippen molar-refractivity contribution < 1.29 is 0 Å². The highest BCUT2D eigenvalue weighted by Gasteiger charge is 2.13. The molecular weight excluding hydrogens is 208 g/mol. The Kier molecular flexibility index (Phi) is 5.66. The van der Waals surface area contributed by atoms with Crippen LogP contribution in [0.25, 0.3) is 0 Å². The highest BCUT2D eigenvalue weighted by atomic mass is 14.9. The summed E-state index contributed by atoms with van der Waals surface area (Å²) in [5.74, 6) is 0. The van der Waals surface area contributed by atoms with Crippen LogP contribution in [0.5, 0.6) is 0 Å². The molecule has 0 saturated heterocycles. The van der Waals surface area contributed by atoms with Crippen LogP contribution in [0.3, 0.4) is 0 Å². The van der Waals surface area contributed by atoms with Gasteiger partial charge in [0.1, 0.15) is 0 Å². The predicted molar refractivity (Wildman–Crippen MR) is 75.0 cm³/mol. The van der Waals surface area contributed by atoms with Crippen molar-refractivity contribution in [1.29, 1.82) is 0 Å². The Morgan fingerprint density at radius 3 is 2.24 bits per heavy atom. The molecule has 0 spiro atoms. The van der Waals surface area contributed by atoms with Crippen LogP contribution in [0.15, 0.2) is 24.3 Å². The minimum absolute atomic E-state index is 0.388. The molecule has 0 unspecified atom stereocenters. The molecule has 0 atom stereocenters. The van der Waals surface area contributed by atoms with Crippen molar-refractivity contribution in [2.24, 2.45) is 11.1 Å². The van der Waals surface area contributed by atoms with Crippen molar-refractivity contribution in [2.45, 2.75) is 40.2 Å². The highest BCUT2D eigenvalue weighted by molar-refractivity contribution is 5.22. The summed E-state index contributed by atoms with van der Waals surface area (Å²) in [5.41, 5.74) is 8.59. The molecule has 0 aliphatic rings. The molecule has 0 radical (unpaired) electrons. The molecular formula is C15H26N2. The molecule has 2 heteroatoms. The van der Waals surface area contributed by atoms with Crippen molar-refractivity contribution in [1.82, 2.24) is 5.32 Å². The summed E-state index contributed by atoms with van der Waals surface area (Å²) < 4.78 is 0. The SMILES string of the molecule is CCC(C)(C)CNCc1ccc(CCN)cc1. The topological polar surface area (TPSA) is 38.0 Å². The van der Waals surface area contributed by atoms with Gasteiger partial charge in [-0.05, 0) is 35.9 Å². The fraction of sp³-hybridized carbons (Fsp3) is 0.600. The van der Waals surface area contributed by atoms with Crippen molar-refractivity contribution in [3.8, 4) is 0 Å². The van der Waals surface area contributed by atoms with Gasteiger partial charge in [-0.2, -0.15) is 0 Å². The molecule has 0 heterocycles. The van der Waals surface area contributed by atoms with Gasteiger partial charge in [-0.1, -0.05) is 45.0 Å². The second-order valence-corrected chi connectivity index (χ2v) is 5.48. The number of benzene rings is 1. The van der Waals surface area contributed by atoms with Crippen molar-refractivity contribution >= 4 is 0 Å². The van der Waals surface area contributed by atoms with Crippen LogP contribution in [0.4, 0.5) is 0 Å². The van der Waals surface area contributed by atoms with Gasteiger partial charge in [0.2, 0.25) is 0 Å². The maximum Gasteiger partial charge on any atom is 0.0205 e. The van der Waals surface area contributed by atoms with Gasteiger partial charge < -0.3 is 11.1 Å². The van der Waals surface area contributed by atoms with E-state index in [1.54, 1.807) is 0 Å². The molecule has 0 amide bonds. The maximum absolute atomic E-state index is 5.53. The summed E-state index contributed by atoms with van der Waals surface area (Å²) in [6, 6.07) is 8.73. The average Bonchev–Trinajstić information content (AvgIpc) is 2.32. The standard InChI is InChI=1S/C15H26N2/c1-4-15(2,3)12-17-11-14-7-5-13(6-8-14)9-10-16/h5-8,17H,4,9-12,16H2,1-3H3. The van der Waals surface area contributed by atoms with Crippen LogP contribution in [0.2, 0.25) is 0 Å². The average molecular weight is 234 g/mol. The molecule has 1 rings (SSSR count). The van der Waals surface area contributed by atoms with Gasteiger partial charge in [-0.3, -0.25) is 0 Å². The monoisotopic (exact) mass is 234 g/mol. The third kappa shape index (κ3) is 5.33. The van der Waals surface area contributed by atoms with E-state index in [0.717, 1.165) is 26.1 Å². The first-order chi connectivity index (χ1) is 8.07. The van der Waals surface area contributed by atoms with Crippen LogP contribution in [-0.4, -0.2) is 13.1 Å². The molecule has 0 saturated carbocycles. The van der Waals surface area contributed by atoms with Crippen LogP contribution in [0, 0.1) is 5.41 Å². The van der Waals surface area contributed by atoms with Gasteiger partial charge in [-0.15, -0.1) is 0 Å². The van der Waals surface area contributed by atoms with Gasteiger partial charge in [0.05, 0.1) is 0 Å². The molecule has 2 nitrogen and oxygen atoms in total. The summed E-state index contributed by atoms with van der Waals surface area (Å²) in [4.78, 5) is 0. The largest absolute Gasteiger partial charge is 0.330 e. The normalized spacial score (nSPS) is 11.8. The van der Waals surface area contributed by atoms with Crippen LogP contribution >= 0.6 is 0 Å². The summed E-state index contributed by atoms with van der Waals surface area (Å²) in [6.45, 7) is 9.57. The minimum Gasteiger partial charge on any atom is -0.330 e. The molecule has 17 heavy (non-hydrogen) atoms. The first-order valence-corrected chi connectivity index (χ1v) is 6.56. The molecule has 96 valence electrons. The Morgan fingerprint density at radius 1 is 1.12 bits per heavy atom. The first-order valence-electron chi connectivity index (χ1n) is 6.56. The molecule has 0 aliphatic carbocycles. The third-order valence-electron chi connectivity index (χ3n) is 3.35. The smallest absolute Gasteiger partial charge is 0.0205 e. The van der Waals surface area contributed by atoms with Crippen molar-refractivity contribution in [3.05, 3.63) is 35.4 Å². The van der Waals surface area contributed by atoms with E-state index in [-0.39, 0.29) is 0 Å². The van der Waals surface area contributed by atoms with E-state index >= 15 is 0 Å². The zero-order chi connectivity index (χ0) is 12.7. The maximum atomic E-state index is 5.53. The molecule has 3 N–H and O–H groups in total. The van der Waals surface area contributed by atoms with Gasteiger partial charge in [0, 0.05) is 13.1 Å². The molecule has 1 aromatic rings. The highest BCUT2D eigenvalue weighted by Crippen LogP contribution is 2.17. The van der Waals surface area contributed by atoms with E-state index in [1.165, 1.54) is 17.5 Å². The van der Waals surface area contributed by atoms with Crippen molar-refractivity contribution in [3.63, 3.8) is 0 Å². The lowest BCUT2D eigenvalue weighted by Gasteiger charge is -2.23. The van der Waals surface area contributed by atoms with Crippen LogP contribution in [0.1, 0.15) is 38.3 Å². The number of nitrogens with one attached hydrogen (secondary N) is 1. The second-order valence-electron chi connectivity index (χ2n) is 5.48. The van der Waals surface area contributed by atoms with Gasteiger partial charge in [-0.25, -0.2) is 0 Å². The zero-order valence-electron chi connectivity index (χ0n) is 11.4. The lowest BCUT2D eigenvalue weighted by Crippen LogP contribution is -2.28. The summed E-state index contributed by atoms with van der Waals surface area (Å²) in [5, 5.41) is 3.52. The van der Waals surface area contributed by atoms with Crippen LogP contribution in [-0.2, 0) is 13.0 Å².